The summed E-state index contributed by atoms with van der Waals surface area (Å²) >= 11 is 1.72. The van der Waals surface area contributed by atoms with Crippen molar-refractivity contribution in [1.82, 2.24) is 9.80 Å². The van der Waals surface area contributed by atoms with Gasteiger partial charge in [-0.3, -0.25) is 9.59 Å². The molecule has 0 aliphatic carbocycles. The minimum Gasteiger partial charge on any atom is -0.493 e. The van der Waals surface area contributed by atoms with Gasteiger partial charge in [-0.25, -0.2) is 0 Å². The van der Waals surface area contributed by atoms with Crippen LogP contribution in [0.1, 0.15) is 50.6 Å². The van der Waals surface area contributed by atoms with Crippen molar-refractivity contribution in [3.05, 3.63) is 46.2 Å². The molecule has 0 radical (unpaired) electrons. The second-order valence-corrected chi connectivity index (χ2v) is 10.4. The van der Waals surface area contributed by atoms with Crippen molar-refractivity contribution in [3.63, 3.8) is 0 Å². The molecule has 2 amide bonds. The van der Waals surface area contributed by atoms with Gasteiger partial charge in [-0.1, -0.05) is 39.8 Å². The van der Waals surface area contributed by atoms with Crippen molar-refractivity contribution in [1.29, 1.82) is 0 Å². The molecule has 0 spiro atoms. The van der Waals surface area contributed by atoms with Crippen LogP contribution < -0.4 is 9.47 Å². The summed E-state index contributed by atoms with van der Waals surface area (Å²) in [6, 6.07) is 9.43. The van der Waals surface area contributed by atoms with E-state index < -0.39 is 0 Å². The predicted molar refractivity (Wildman–Crippen MR) is 132 cm³/mol. The quantitative estimate of drug-likeness (QED) is 0.499. The summed E-state index contributed by atoms with van der Waals surface area (Å²) < 4.78 is 11.6. The monoisotopic (exact) mass is 472 g/mol. The van der Waals surface area contributed by atoms with E-state index in [1.807, 2.05) is 43.0 Å². The molecule has 1 aromatic heterocycles. The smallest absolute Gasteiger partial charge is 0.242 e. The molecule has 2 heterocycles. The van der Waals surface area contributed by atoms with Crippen molar-refractivity contribution in [2.45, 2.75) is 46.6 Å². The molecule has 6 nitrogen and oxygen atoms in total. The number of hydrogen-bond acceptors (Lipinski definition) is 5. The lowest BCUT2D eigenvalue weighted by atomic mass is 10.00. The van der Waals surface area contributed by atoms with Crippen LogP contribution >= 0.6 is 11.3 Å². The minimum atomic E-state index is -0.196. The summed E-state index contributed by atoms with van der Waals surface area (Å²) in [5.74, 6) is 1.89. The van der Waals surface area contributed by atoms with E-state index in [0.29, 0.717) is 43.5 Å². The molecule has 33 heavy (non-hydrogen) atoms. The maximum Gasteiger partial charge on any atom is 0.242 e. The number of benzene rings is 1. The molecule has 0 bridgehead atoms. The van der Waals surface area contributed by atoms with Crippen molar-refractivity contribution < 1.29 is 19.1 Å². The molecule has 1 aliphatic heterocycles. The average Bonchev–Trinajstić information content (AvgIpc) is 3.25. The van der Waals surface area contributed by atoms with E-state index in [0.717, 1.165) is 12.0 Å². The molecular weight excluding hydrogens is 436 g/mol. The van der Waals surface area contributed by atoms with Gasteiger partial charge in [0.15, 0.2) is 11.5 Å². The molecule has 0 saturated carbocycles. The van der Waals surface area contributed by atoms with Crippen LogP contribution in [0.25, 0.3) is 0 Å². The second-order valence-electron chi connectivity index (χ2n) is 9.38. The number of hydrogen-bond donors (Lipinski definition) is 0. The standard InChI is InChI=1S/C26H36N2O4S/c1-18(2)14-25(29)27(15-19(3)4)16-26(30)28-12-10-24-20(11-13-33-24)21(28)17-32-23-9-7-6-8-22(23)31-5/h6-9,11,13,18-19,21H,10,12,14-17H2,1-5H3. The molecule has 7 heteroatoms. The van der Waals surface area contributed by atoms with Gasteiger partial charge in [0, 0.05) is 24.4 Å². The van der Waals surface area contributed by atoms with Crippen LogP contribution in [-0.4, -0.2) is 55.0 Å². The lowest BCUT2D eigenvalue weighted by Crippen LogP contribution is -2.48. The first-order valence-electron chi connectivity index (χ1n) is 11.7. The van der Waals surface area contributed by atoms with E-state index in [2.05, 4.69) is 25.3 Å². The molecule has 3 rings (SSSR count). The average molecular weight is 473 g/mol. The molecule has 1 aliphatic rings. The summed E-state index contributed by atoms with van der Waals surface area (Å²) in [6.45, 7) is 9.85. The Bertz CT molecular complexity index is 940. The summed E-state index contributed by atoms with van der Waals surface area (Å²) in [6.07, 6.45) is 1.28. The van der Waals surface area contributed by atoms with Gasteiger partial charge in [-0.05, 0) is 47.4 Å². The van der Waals surface area contributed by atoms with E-state index in [1.165, 1.54) is 4.88 Å². The fourth-order valence-electron chi connectivity index (χ4n) is 4.21. The number of carbonyl (C=O) groups excluding carboxylic acids is 2. The number of carbonyl (C=O) groups is 2. The van der Waals surface area contributed by atoms with E-state index >= 15 is 0 Å². The topological polar surface area (TPSA) is 59.1 Å². The van der Waals surface area contributed by atoms with Crippen molar-refractivity contribution >= 4 is 23.2 Å². The lowest BCUT2D eigenvalue weighted by Gasteiger charge is -2.37. The van der Waals surface area contributed by atoms with Gasteiger partial charge in [-0.2, -0.15) is 0 Å². The number of ether oxygens (including phenoxy) is 2. The van der Waals surface area contributed by atoms with Crippen molar-refractivity contribution in [2.75, 3.05) is 33.4 Å². The second kappa shape index (κ2) is 11.5. The predicted octanol–water partition coefficient (Wildman–Crippen LogP) is 4.79. The Balaban J connectivity index is 1.78. The number of rotatable bonds is 10. The lowest BCUT2D eigenvalue weighted by molar-refractivity contribution is -0.143. The highest BCUT2D eigenvalue weighted by Crippen LogP contribution is 2.35. The number of thiophene rings is 1. The molecule has 0 saturated heterocycles. The highest BCUT2D eigenvalue weighted by Gasteiger charge is 2.33. The number of methoxy groups -OCH3 is 1. The number of nitrogens with zero attached hydrogens (tertiary/aromatic N) is 2. The number of para-hydroxylation sites is 2. The molecule has 1 atom stereocenters. The van der Waals surface area contributed by atoms with Gasteiger partial charge in [0.25, 0.3) is 0 Å². The van der Waals surface area contributed by atoms with Gasteiger partial charge >= 0.3 is 0 Å². The van der Waals surface area contributed by atoms with Gasteiger partial charge in [-0.15, -0.1) is 11.3 Å². The largest absolute Gasteiger partial charge is 0.493 e. The molecular formula is C26H36N2O4S. The fraction of sp³-hybridized carbons (Fsp3) is 0.538. The van der Waals surface area contributed by atoms with Crippen LogP contribution in [0.5, 0.6) is 11.5 Å². The Morgan fingerprint density at radius 1 is 1.12 bits per heavy atom. The van der Waals surface area contributed by atoms with E-state index in [4.69, 9.17) is 9.47 Å². The molecule has 1 aromatic carbocycles. The summed E-state index contributed by atoms with van der Waals surface area (Å²) in [4.78, 5) is 31.3. The zero-order valence-corrected chi connectivity index (χ0v) is 21.2. The van der Waals surface area contributed by atoms with E-state index in [9.17, 15) is 9.59 Å². The maximum absolute atomic E-state index is 13.5. The Labute approximate surface area is 201 Å². The normalized spacial score (nSPS) is 15.5. The highest BCUT2D eigenvalue weighted by molar-refractivity contribution is 7.10. The Morgan fingerprint density at radius 2 is 1.85 bits per heavy atom. The highest BCUT2D eigenvalue weighted by atomic mass is 32.1. The molecule has 1 unspecified atom stereocenters. The van der Waals surface area contributed by atoms with E-state index in [-0.39, 0.29) is 30.3 Å². The minimum absolute atomic E-state index is 0.0294. The third-order valence-electron chi connectivity index (χ3n) is 5.73. The third kappa shape index (κ3) is 6.50. The summed E-state index contributed by atoms with van der Waals surface area (Å²) in [5, 5.41) is 2.08. The molecule has 2 aromatic rings. The number of amides is 2. The van der Waals surface area contributed by atoms with Crippen molar-refractivity contribution in [3.8, 4) is 11.5 Å². The van der Waals surface area contributed by atoms with Crippen LogP contribution in [0.3, 0.4) is 0 Å². The zero-order valence-electron chi connectivity index (χ0n) is 20.4. The molecule has 0 N–H and O–H groups in total. The SMILES string of the molecule is COc1ccccc1OCC1c2ccsc2CCN1C(=O)CN(CC(C)C)C(=O)CC(C)C. The van der Waals surface area contributed by atoms with Gasteiger partial charge in [0.1, 0.15) is 6.61 Å². The van der Waals surface area contributed by atoms with E-state index in [1.54, 1.807) is 23.3 Å². The molecule has 0 fully saturated rings. The molecule has 180 valence electrons. The van der Waals surface area contributed by atoms with Gasteiger partial charge < -0.3 is 19.3 Å². The summed E-state index contributed by atoms with van der Waals surface area (Å²) in [7, 11) is 1.62. The first-order valence-corrected chi connectivity index (χ1v) is 12.6. The Kier molecular flexibility index (Phi) is 8.78. The van der Waals surface area contributed by atoms with Gasteiger partial charge in [0.2, 0.25) is 11.8 Å². The van der Waals surface area contributed by atoms with Crippen molar-refractivity contribution in [2.24, 2.45) is 11.8 Å². The fourth-order valence-corrected chi connectivity index (χ4v) is 5.14. The van der Waals surface area contributed by atoms with Crippen LogP contribution in [0, 0.1) is 11.8 Å². The number of fused-ring (bicyclic) bond motifs is 1. The van der Waals surface area contributed by atoms with Crippen LogP contribution in [0.4, 0.5) is 0 Å². The zero-order chi connectivity index (χ0) is 24.0. The Hall–Kier alpha value is -2.54. The van der Waals surface area contributed by atoms with Crippen LogP contribution in [0.2, 0.25) is 0 Å². The third-order valence-corrected chi connectivity index (χ3v) is 6.72. The van der Waals surface area contributed by atoms with Crippen LogP contribution in [-0.2, 0) is 16.0 Å². The van der Waals surface area contributed by atoms with Gasteiger partial charge in [0.05, 0.1) is 19.7 Å². The Morgan fingerprint density at radius 3 is 2.52 bits per heavy atom. The summed E-state index contributed by atoms with van der Waals surface area (Å²) in [5.41, 5.74) is 1.14. The maximum atomic E-state index is 13.5. The first-order chi connectivity index (χ1) is 15.8. The first kappa shape index (κ1) is 25.1. The van der Waals surface area contributed by atoms with Crippen LogP contribution in [0.15, 0.2) is 35.7 Å².